The molecule has 0 aliphatic carbocycles. The van der Waals surface area contributed by atoms with Crippen LogP contribution in [0, 0.1) is 20.8 Å². The average Bonchev–Trinajstić information content (AvgIpc) is 2.82. The van der Waals surface area contributed by atoms with Crippen LogP contribution in [0.2, 0.25) is 0 Å². The molecule has 0 amide bonds. The average molecular weight is 262 g/mol. The summed E-state index contributed by atoms with van der Waals surface area (Å²) in [7, 11) is 0. The first-order chi connectivity index (χ1) is 8.52. The Balaban J connectivity index is 2.43. The Hall–Kier alpha value is -1.23. The van der Waals surface area contributed by atoms with E-state index in [1.807, 2.05) is 5.38 Å². The monoisotopic (exact) mass is 262 g/mol. The van der Waals surface area contributed by atoms with E-state index in [2.05, 4.69) is 37.9 Å². The number of nitrogens with zero attached hydrogens (tertiary/aromatic N) is 1. The molecule has 4 heteroatoms. The van der Waals surface area contributed by atoms with Crippen molar-refractivity contribution >= 4 is 11.3 Å². The molecule has 1 unspecified atom stereocenters. The highest BCUT2D eigenvalue weighted by Crippen LogP contribution is 2.29. The molecule has 0 bridgehead atoms. The van der Waals surface area contributed by atoms with Gasteiger partial charge in [-0.2, -0.15) is 0 Å². The molecule has 0 aliphatic rings. The van der Waals surface area contributed by atoms with Gasteiger partial charge in [-0.3, -0.25) is 0 Å². The number of nitrogens with two attached hydrogens (primary N) is 1. The molecule has 0 aliphatic heterocycles. The molecule has 0 radical (unpaired) electrons. The van der Waals surface area contributed by atoms with E-state index in [0.717, 1.165) is 16.3 Å². The van der Waals surface area contributed by atoms with Gasteiger partial charge in [0, 0.05) is 10.9 Å². The van der Waals surface area contributed by atoms with Crippen molar-refractivity contribution in [3.63, 3.8) is 0 Å². The lowest BCUT2D eigenvalue weighted by Crippen LogP contribution is -2.13. The Kier molecular flexibility index (Phi) is 3.80. The van der Waals surface area contributed by atoms with Crippen molar-refractivity contribution in [1.29, 1.82) is 0 Å². The van der Waals surface area contributed by atoms with Crippen LogP contribution in [0.25, 0.3) is 11.3 Å². The fourth-order valence-electron chi connectivity index (χ4n) is 1.90. The van der Waals surface area contributed by atoms with Gasteiger partial charge >= 0.3 is 0 Å². The van der Waals surface area contributed by atoms with Gasteiger partial charge in [0.05, 0.1) is 18.3 Å². The summed E-state index contributed by atoms with van der Waals surface area (Å²) in [4.78, 5) is 4.52. The van der Waals surface area contributed by atoms with E-state index in [1.54, 1.807) is 0 Å². The third-order valence-corrected chi connectivity index (χ3v) is 4.13. The summed E-state index contributed by atoms with van der Waals surface area (Å²) >= 11 is 1.50. The molecular formula is C14H18N2OS. The van der Waals surface area contributed by atoms with Gasteiger partial charge in [0.15, 0.2) is 0 Å². The van der Waals surface area contributed by atoms with Crippen molar-refractivity contribution in [2.24, 2.45) is 5.73 Å². The van der Waals surface area contributed by atoms with Gasteiger partial charge in [-0.25, -0.2) is 4.98 Å². The van der Waals surface area contributed by atoms with Crippen molar-refractivity contribution in [1.82, 2.24) is 4.98 Å². The summed E-state index contributed by atoms with van der Waals surface area (Å²) in [5.41, 5.74) is 11.6. The molecule has 0 saturated carbocycles. The van der Waals surface area contributed by atoms with E-state index in [-0.39, 0.29) is 12.6 Å². The maximum atomic E-state index is 9.04. The Labute approximate surface area is 111 Å². The van der Waals surface area contributed by atoms with E-state index in [0.29, 0.717) is 0 Å². The van der Waals surface area contributed by atoms with Crippen molar-refractivity contribution in [2.75, 3.05) is 6.61 Å². The SMILES string of the molecule is Cc1cc(C)c(-c2csc(C(N)CO)n2)cc1C. The van der Waals surface area contributed by atoms with Crippen LogP contribution in [0.15, 0.2) is 17.5 Å². The molecule has 0 saturated heterocycles. The first-order valence-corrected chi connectivity index (χ1v) is 6.81. The summed E-state index contributed by atoms with van der Waals surface area (Å²) in [6.07, 6.45) is 0. The highest BCUT2D eigenvalue weighted by molar-refractivity contribution is 7.10. The van der Waals surface area contributed by atoms with Crippen LogP contribution in [0.3, 0.4) is 0 Å². The zero-order valence-electron chi connectivity index (χ0n) is 10.9. The molecule has 3 N–H and O–H groups in total. The quantitative estimate of drug-likeness (QED) is 0.894. The predicted molar refractivity (Wildman–Crippen MR) is 75.8 cm³/mol. The maximum absolute atomic E-state index is 9.04. The van der Waals surface area contributed by atoms with Gasteiger partial charge in [-0.05, 0) is 43.5 Å². The summed E-state index contributed by atoms with van der Waals surface area (Å²) in [6.45, 7) is 6.23. The smallest absolute Gasteiger partial charge is 0.112 e. The van der Waals surface area contributed by atoms with Crippen molar-refractivity contribution in [3.05, 3.63) is 39.2 Å². The third kappa shape index (κ3) is 2.46. The number of aliphatic hydroxyl groups excluding tert-OH is 1. The van der Waals surface area contributed by atoms with Gasteiger partial charge in [-0.1, -0.05) is 6.07 Å². The number of benzene rings is 1. The van der Waals surface area contributed by atoms with Crippen LogP contribution < -0.4 is 5.73 Å². The summed E-state index contributed by atoms with van der Waals surface area (Å²) in [6, 6.07) is 3.96. The molecular weight excluding hydrogens is 244 g/mol. The first-order valence-electron chi connectivity index (χ1n) is 5.93. The number of hydrogen-bond acceptors (Lipinski definition) is 4. The van der Waals surface area contributed by atoms with Gasteiger partial charge in [0.1, 0.15) is 5.01 Å². The Morgan fingerprint density at radius 2 is 1.89 bits per heavy atom. The van der Waals surface area contributed by atoms with E-state index in [1.165, 1.54) is 28.0 Å². The standard InChI is InChI=1S/C14H18N2OS/c1-8-4-10(3)11(5-9(8)2)13-7-18-14(16-13)12(15)6-17/h4-5,7,12,17H,6,15H2,1-3H3. The van der Waals surface area contributed by atoms with Crippen LogP contribution in [0.1, 0.15) is 27.7 Å². The molecule has 1 aromatic heterocycles. The van der Waals surface area contributed by atoms with E-state index < -0.39 is 0 Å². The summed E-state index contributed by atoms with van der Waals surface area (Å²) in [5.74, 6) is 0. The fourth-order valence-corrected chi connectivity index (χ4v) is 2.71. The topological polar surface area (TPSA) is 59.1 Å². The minimum atomic E-state index is -0.379. The lowest BCUT2D eigenvalue weighted by molar-refractivity contribution is 0.268. The highest BCUT2D eigenvalue weighted by atomic mass is 32.1. The van der Waals surface area contributed by atoms with Crippen molar-refractivity contribution < 1.29 is 5.11 Å². The lowest BCUT2D eigenvalue weighted by Gasteiger charge is -2.08. The second kappa shape index (κ2) is 5.18. The maximum Gasteiger partial charge on any atom is 0.112 e. The molecule has 18 heavy (non-hydrogen) atoms. The largest absolute Gasteiger partial charge is 0.394 e. The van der Waals surface area contributed by atoms with Gasteiger partial charge in [0.25, 0.3) is 0 Å². The number of aromatic nitrogens is 1. The second-order valence-corrected chi connectivity index (χ2v) is 5.50. The van der Waals surface area contributed by atoms with E-state index in [4.69, 9.17) is 10.8 Å². The summed E-state index contributed by atoms with van der Waals surface area (Å²) < 4.78 is 0. The van der Waals surface area contributed by atoms with E-state index >= 15 is 0 Å². The predicted octanol–water partition coefficient (Wildman–Crippen LogP) is 2.73. The van der Waals surface area contributed by atoms with Crippen molar-refractivity contribution in [3.8, 4) is 11.3 Å². The minimum absolute atomic E-state index is 0.0706. The van der Waals surface area contributed by atoms with Crippen LogP contribution in [-0.2, 0) is 0 Å². The fraction of sp³-hybridized carbons (Fsp3) is 0.357. The van der Waals surface area contributed by atoms with Crippen molar-refractivity contribution in [2.45, 2.75) is 26.8 Å². The third-order valence-electron chi connectivity index (χ3n) is 3.15. The molecule has 1 atom stereocenters. The Morgan fingerprint density at radius 3 is 2.56 bits per heavy atom. The zero-order chi connectivity index (χ0) is 13.3. The molecule has 0 spiro atoms. The van der Waals surface area contributed by atoms with Crippen LogP contribution in [-0.4, -0.2) is 16.7 Å². The lowest BCUT2D eigenvalue weighted by atomic mass is 9.99. The van der Waals surface area contributed by atoms with Crippen LogP contribution in [0.5, 0.6) is 0 Å². The number of aryl methyl sites for hydroxylation is 3. The van der Waals surface area contributed by atoms with Gasteiger partial charge < -0.3 is 10.8 Å². The zero-order valence-corrected chi connectivity index (χ0v) is 11.7. The number of rotatable bonds is 3. The number of hydrogen-bond donors (Lipinski definition) is 2. The summed E-state index contributed by atoms with van der Waals surface area (Å²) in [5, 5.41) is 11.8. The molecule has 96 valence electrons. The molecule has 2 aromatic rings. The molecule has 1 aromatic carbocycles. The van der Waals surface area contributed by atoms with Gasteiger partial charge in [0.2, 0.25) is 0 Å². The van der Waals surface area contributed by atoms with E-state index in [9.17, 15) is 0 Å². The number of aliphatic hydroxyl groups is 1. The number of thiazole rings is 1. The molecule has 2 rings (SSSR count). The normalized spacial score (nSPS) is 12.7. The second-order valence-electron chi connectivity index (χ2n) is 4.61. The van der Waals surface area contributed by atoms with Crippen LogP contribution in [0.4, 0.5) is 0 Å². The van der Waals surface area contributed by atoms with Gasteiger partial charge in [-0.15, -0.1) is 11.3 Å². The molecule has 1 heterocycles. The first kappa shape index (κ1) is 13.2. The minimum Gasteiger partial charge on any atom is -0.394 e. The highest BCUT2D eigenvalue weighted by Gasteiger charge is 2.12. The Bertz CT molecular complexity index is 563. The molecule has 0 fully saturated rings. The Morgan fingerprint density at radius 1 is 1.22 bits per heavy atom. The molecule has 3 nitrogen and oxygen atoms in total. The van der Waals surface area contributed by atoms with Crippen LogP contribution >= 0.6 is 11.3 Å².